The minimum atomic E-state index is -0.223. The number of hydrogen-bond donors (Lipinski definition) is 3. The highest BCUT2D eigenvalue weighted by atomic mass is 16.3. The number of carbonyl (C=O) groups is 1. The fraction of sp³-hybridized carbons (Fsp3) is 0.294. The molecule has 0 aliphatic carbocycles. The summed E-state index contributed by atoms with van der Waals surface area (Å²) in [5.74, 6) is 0.557. The maximum atomic E-state index is 12.5. The molecule has 0 saturated carbocycles. The number of amides is 1. The van der Waals surface area contributed by atoms with E-state index in [1.54, 1.807) is 0 Å². The second-order valence-electron chi connectivity index (χ2n) is 5.84. The van der Waals surface area contributed by atoms with Crippen LogP contribution in [0, 0.1) is 0 Å². The normalized spacial score (nSPS) is 15.3. The average molecular weight is 310 g/mol. The summed E-state index contributed by atoms with van der Waals surface area (Å²) in [6.07, 6.45) is 0.870. The van der Waals surface area contributed by atoms with E-state index in [9.17, 15) is 4.79 Å². The Morgan fingerprint density at radius 2 is 2.26 bits per heavy atom. The first kappa shape index (κ1) is 14.0. The Kier molecular flexibility index (Phi) is 3.38. The quantitative estimate of drug-likeness (QED) is 0.693. The maximum absolute atomic E-state index is 12.5. The summed E-state index contributed by atoms with van der Waals surface area (Å²) in [4.78, 5) is 12.5. The van der Waals surface area contributed by atoms with Gasteiger partial charge in [0.05, 0.1) is 6.04 Å². The van der Waals surface area contributed by atoms with Crippen molar-refractivity contribution in [2.24, 2.45) is 0 Å². The summed E-state index contributed by atoms with van der Waals surface area (Å²) in [7, 11) is 0. The van der Waals surface area contributed by atoms with E-state index in [1.807, 2.05) is 37.3 Å². The van der Waals surface area contributed by atoms with Gasteiger partial charge in [-0.15, -0.1) is 0 Å². The molecule has 0 bridgehead atoms. The number of nitrogens with zero attached hydrogens (tertiary/aromatic N) is 1. The zero-order chi connectivity index (χ0) is 15.8. The highest BCUT2D eigenvalue weighted by molar-refractivity contribution is 5.94. The molecule has 0 spiro atoms. The van der Waals surface area contributed by atoms with E-state index in [0.29, 0.717) is 12.2 Å². The van der Waals surface area contributed by atoms with Gasteiger partial charge in [-0.05, 0) is 19.1 Å². The van der Waals surface area contributed by atoms with E-state index in [-0.39, 0.29) is 11.9 Å². The van der Waals surface area contributed by atoms with Gasteiger partial charge in [0.25, 0.3) is 5.91 Å². The average Bonchev–Trinajstić information content (AvgIpc) is 3.18. The second-order valence-corrected chi connectivity index (χ2v) is 5.84. The Balaban J connectivity index is 1.55. The van der Waals surface area contributed by atoms with E-state index in [4.69, 9.17) is 4.42 Å². The highest BCUT2D eigenvalue weighted by Gasteiger charge is 2.23. The number of hydrogen-bond acceptors (Lipinski definition) is 4. The molecule has 1 amide bonds. The Bertz CT molecular complexity index is 831. The Labute approximate surface area is 133 Å². The molecule has 3 N–H and O–H groups in total. The Morgan fingerprint density at radius 3 is 3.13 bits per heavy atom. The molecule has 0 fully saturated rings. The Hall–Kier alpha value is -2.60. The number of furan rings is 1. The third-order valence-corrected chi connectivity index (χ3v) is 4.24. The molecule has 0 radical (unpaired) electrons. The van der Waals surface area contributed by atoms with Gasteiger partial charge in [-0.25, -0.2) is 0 Å². The molecular weight excluding hydrogens is 292 g/mol. The second kappa shape index (κ2) is 5.55. The van der Waals surface area contributed by atoms with Crippen molar-refractivity contribution in [2.75, 3.05) is 6.54 Å². The highest BCUT2D eigenvalue weighted by Crippen LogP contribution is 2.24. The largest absolute Gasteiger partial charge is 0.459 e. The lowest BCUT2D eigenvalue weighted by Crippen LogP contribution is -2.30. The molecule has 1 unspecified atom stereocenters. The maximum Gasteiger partial charge on any atom is 0.272 e. The third kappa shape index (κ3) is 2.51. The SMILES string of the molecule is CC(NC(=O)c1n[nH]c2c1CNCC2)c1cc2ccccc2o1. The molecule has 3 aromatic rings. The van der Waals surface area contributed by atoms with E-state index in [1.165, 1.54) is 0 Å². The van der Waals surface area contributed by atoms with Crippen LogP contribution >= 0.6 is 0 Å². The van der Waals surface area contributed by atoms with E-state index >= 15 is 0 Å². The summed E-state index contributed by atoms with van der Waals surface area (Å²) in [6.45, 7) is 3.49. The van der Waals surface area contributed by atoms with Crippen LogP contribution in [0.4, 0.5) is 0 Å². The molecule has 4 rings (SSSR count). The fourth-order valence-corrected chi connectivity index (χ4v) is 2.96. The topological polar surface area (TPSA) is 83.0 Å². The van der Waals surface area contributed by atoms with Crippen LogP contribution in [0.2, 0.25) is 0 Å². The van der Waals surface area contributed by atoms with Crippen LogP contribution in [0.5, 0.6) is 0 Å². The molecular formula is C17H18N4O2. The van der Waals surface area contributed by atoms with Crippen LogP contribution < -0.4 is 10.6 Å². The van der Waals surface area contributed by atoms with Crippen molar-refractivity contribution >= 4 is 16.9 Å². The first-order valence-electron chi connectivity index (χ1n) is 7.78. The number of aromatic nitrogens is 2. The first-order valence-corrected chi connectivity index (χ1v) is 7.78. The third-order valence-electron chi connectivity index (χ3n) is 4.24. The van der Waals surface area contributed by atoms with E-state index < -0.39 is 0 Å². The number of aromatic amines is 1. The lowest BCUT2D eigenvalue weighted by molar-refractivity contribution is 0.0929. The van der Waals surface area contributed by atoms with Crippen molar-refractivity contribution < 1.29 is 9.21 Å². The van der Waals surface area contributed by atoms with Crippen molar-refractivity contribution in [3.8, 4) is 0 Å². The predicted octanol–water partition coefficient (Wildman–Crippen LogP) is 2.29. The van der Waals surface area contributed by atoms with Crippen LogP contribution in [0.3, 0.4) is 0 Å². The molecule has 2 aromatic heterocycles. The molecule has 6 heteroatoms. The van der Waals surface area contributed by atoms with Crippen LogP contribution in [-0.4, -0.2) is 22.6 Å². The van der Waals surface area contributed by atoms with Crippen LogP contribution in [0.15, 0.2) is 34.7 Å². The summed E-state index contributed by atoms with van der Waals surface area (Å²) in [5, 5.41) is 14.4. The smallest absolute Gasteiger partial charge is 0.272 e. The zero-order valence-corrected chi connectivity index (χ0v) is 12.8. The fourth-order valence-electron chi connectivity index (χ4n) is 2.96. The van der Waals surface area contributed by atoms with Gasteiger partial charge in [0.1, 0.15) is 11.3 Å². The molecule has 1 aromatic carbocycles. The number of rotatable bonds is 3. The van der Waals surface area contributed by atoms with Gasteiger partial charge < -0.3 is 15.1 Å². The summed E-state index contributed by atoms with van der Waals surface area (Å²) in [5.41, 5.74) is 3.30. The van der Waals surface area contributed by atoms with Crippen LogP contribution in [0.1, 0.15) is 40.5 Å². The summed E-state index contributed by atoms with van der Waals surface area (Å²) >= 11 is 0. The van der Waals surface area contributed by atoms with Crippen LogP contribution in [0.25, 0.3) is 11.0 Å². The molecule has 1 aliphatic rings. The molecule has 3 heterocycles. The monoisotopic (exact) mass is 310 g/mol. The number of para-hydroxylation sites is 1. The van der Waals surface area contributed by atoms with Crippen molar-refractivity contribution in [2.45, 2.75) is 25.9 Å². The van der Waals surface area contributed by atoms with Gasteiger partial charge in [-0.3, -0.25) is 9.89 Å². The standard InChI is InChI=1S/C17H18N4O2/c1-10(15-8-11-4-2-3-5-14(11)23-15)19-17(22)16-12-9-18-7-6-13(12)20-21-16/h2-5,8,10,18H,6-7,9H2,1H3,(H,19,22)(H,20,21). The number of fused-ring (bicyclic) bond motifs is 2. The van der Waals surface area contributed by atoms with Crippen LogP contribution in [-0.2, 0) is 13.0 Å². The van der Waals surface area contributed by atoms with Crippen molar-refractivity contribution in [1.82, 2.24) is 20.8 Å². The number of benzene rings is 1. The number of H-pyrrole nitrogens is 1. The zero-order valence-electron chi connectivity index (χ0n) is 12.8. The van der Waals surface area contributed by atoms with Gasteiger partial charge >= 0.3 is 0 Å². The minimum absolute atomic E-state index is 0.181. The first-order chi connectivity index (χ1) is 11.2. The van der Waals surface area contributed by atoms with Crippen molar-refractivity contribution in [1.29, 1.82) is 0 Å². The van der Waals surface area contributed by atoms with Gasteiger partial charge in [0, 0.05) is 36.2 Å². The molecule has 1 atom stereocenters. The lowest BCUT2D eigenvalue weighted by atomic mass is 10.1. The van der Waals surface area contributed by atoms with E-state index in [2.05, 4.69) is 20.8 Å². The minimum Gasteiger partial charge on any atom is -0.459 e. The number of nitrogens with one attached hydrogen (secondary N) is 3. The summed E-state index contributed by atoms with van der Waals surface area (Å²) in [6, 6.07) is 9.55. The van der Waals surface area contributed by atoms with E-state index in [0.717, 1.165) is 41.0 Å². The van der Waals surface area contributed by atoms with Gasteiger partial charge in [0.2, 0.25) is 0 Å². The molecule has 1 aliphatic heterocycles. The van der Waals surface area contributed by atoms with Crippen molar-refractivity contribution in [3.63, 3.8) is 0 Å². The lowest BCUT2D eigenvalue weighted by Gasteiger charge is -2.14. The molecule has 23 heavy (non-hydrogen) atoms. The molecule has 6 nitrogen and oxygen atoms in total. The molecule has 0 saturated heterocycles. The van der Waals surface area contributed by atoms with Gasteiger partial charge in [-0.1, -0.05) is 18.2 Å². The number of carbonyl (C=O) groups excluding carboxylic acids is 1. The van der Waals surface area contributed by atoms with Gasteiger partial charge in [0.15, 0.2) is 5.69 Å². The Morgan fingerprint density at radius 1 is 1.39 bits per heavy atom. The summed E-state index contributed by atoms with van der Waals surface area (Å²) < 4.78 is 5.81. The molecule has 118 valence electrons. The predicted molar refractivity (Wildman–Crippen MR) is 86.1 cm³/mol. The van der Waals surface area contributed by atoms with Crippen molar-refractivity contribution in [3.05, 3.63) is 53.0 Å². The van der Waals surface area contributed by atoms with Gasteiger partial charge in [-0.2, -0.15) is 5.10 Å².